The third-order valence-corrected chi connectivity index (χ3v) is 3.61. The summed E-state index contributed by atoms with van der Waals surface area (Å²) in [5.41, 5.74) is 2.72. The fourth-order valence-corrected chi connectivity index (χ4v) is 2.33. The first-order chi connectivity index (χ1) is 9.54. The van der Waals surface area contributed by atoms with Crippen LogP contribution in [0.25, 0.3) is 0 Å². The van der Waals surface area contributed by atoms with Gasteiger partial charge in [0.25, 0.3) is 0 Å². The minimum absolute atomic E-state index is 0.0468. The van der Waals surface area contributed by atoms with Crippen molar-refractivity contribution in [2.24, 2.45) is 0 Å². The molecule has 0 saturated heterocycles. The van der Waals surface area contributed by atoms with E-state index in [2.05, 4.69) is 21.2 Å². The smallest absolute Gasteiger partial charge is 0.307 e. The number of nitrogens with one attached hydrogen (secondary N) is 1. The first-order valence-electron chi connectivity index (χ1n) is 6.03. The first-order valence-corrected chi connectivity index (χ1v) is 7.20. The predicted molar refractivity (Wildman–Crippen MR) is 84.3 cm³/mol. The van der Waals surface area contributed by atoms with Gasteiger partial charge in [0.2, 0.25) is 0 Å². The Morgan fingerprint density at radius 1 is 1.15 bits per heavy atom. The van der Waals surface area contributed by atoms with Gasteiger partial charge in [0, 0.05) is 11.0 Å². The molecular formula is C15H13BrClNO2. The zero-order valence-electron chi connectivity index (χ0n) is 10.6. The Labute approximate surface area is 130 Å². The number of carbonyl (C=O) groups is 1. The van der Waals surface area contributed by atoms with Crippen molar-refractivity contribution in [3.05, 3.63) is 63.1 Å². The van der Waals surface area contributed by atoms with E-state index in [1.165, 1.54) is 0 Å². The van der Waals surface area contributed by atoms with Crippen LogP contribution in [-0.2, 0) is 17.8 Å². The SMILES string of the molecule is O=C(O)Cc1ccc(CNc2cc(Br)ccc2Cl)cc1. The summed E-state index contributed by atoms with van der Waals surface area (Å²) >= 11 is 9.50. The molecule has 0 heterocycles. The molecule has 0 aliphatic heterocycles. The van der Waals surface area contributed by atoms with E-state index < -0.39 is 5.97 Å². The van der Waals surface area contributed by atoms with Crippen LogP contribution in [0, 0.1) is 0 Å². The number of hydrogen-bond donors (Lipinski definition) is 2. The number of hydrogen-bond acceptors (Lipinski definition) is 2. The predicted octanol–water partition coefficient (Wildman–Crippen LogP) is 4.34. The average Bonchev–Trinajstić information content (AvgIpc) is 2.41. The van der Waals surface area contributed by atoms with Crippen molar-refractivity contribution in [1.29, 1.82) is 0 Å². The summed E-state index contributed by atoms with van der Waals surface area (Å²) in [6, 6.07) is 13.1. The van der Waals surface area contributed by atoms with Gasteiger partial charge in [-0.25, -0.2) is 0 Å². The van der Waals surface area contributed by atoms with Crippen LogP contribution in [0.1, 0.15) is 11.1 Å². The van der Waals surface area contributed by atoms with Gasteiger partial charge in [-0.05, 0) is 29.3 Å². The Hall–Kier alpha value is -1.52. The summed E-state index contributed by atoms with van der Waals surface area (Å²) in [5.74, 6) is -0.822. The molecule has 0 saturated carbocycles. The molecule has 20 heavy (non-hydrogen) atoms. The molecule has 0 radical (unpaired) electrons. The Balaban J connectivity index is 2.00. The molecule has 2 rings (SSSR count). The van der Waals surface area contributed by atoms with Crippen LogP contribution in [0.15, 0.2) is 46.9 Å². The van der Waals surface area contributed by atoms with Crippen LogP contribution in [0.4, 0.5) is 5.69 Å². The fourth-order valence-electron chi connectivity index (χ4n) is 1.78. The summed E-state index contributed by atoms with van der Waals surface area (Å²) in [6.07, 6.45) is 0.0468. The van der Waals surface area contributed by atoms with E-state index in [4.69, 9.17) is 16.7 Å². The molecule has 0 bridgehead atoms. The summed E-state index contributed by atoms with van der Waals surface area (Å²) in [4.78, 5) is 10.6. The maximum absolute atomic E-state index is 10.6. The van der Waals surface area contributed by atoms with Crippen molar-refractivity contribution in [3.63, 3.8) is 0 Å². The zero-order chi connectivity index (χ0) is 14.5. The summed E-state index contributed by atoms with van der Waals surface area (Å²) in [5, 5.41) is 12.6. The molecule has 3 nitrogen and oxygen atoms in total. The van der Waals surface area contributed by atoms with E-state index in [-0.39, 0.29) is 6.42 Å². The van der Waals surface area contributed by atoms with Crippen molar-refractivity contribution < 1.29 is 9.90 Å². The van der Waals surface area contributed by atoms with E-state index in [1.807, 2.05) is 42.5 Å². The second-order valence-electron chi connectivity index (χ2n) is 4.36. The molecule has 0 aromatic heterocycles. The van der Waals surface area contributed by atoms with E-state index in [0.717, 1.165) is 21.3 Å². The fraction of sp³-hybridized carbons (Fsp3) is 0.133. The van der Waals surface area contributed by atoms with Crippen LogP contribution in [0.3, 0.4) is 0 Å². The van der Waals surface area contributed by atoms with Crippen molar-refractivity contribution in [2.45, 2.75) is 13.0 Å². The van der Waals surface area contributed by atoms with Gasteiger partial charge in [-0.3, -0.25) is 4.79 Å². The number of carboxylic acids is 1. The highest BCUT2D eigenvalue weighted by Crippen LogP contribution is 2.26. The second-order valence-corrected chi connectivity index (χ2v) is 5.69. The Kier molecular flexibility index (Phi) is 5.04. The van der Waals surface area contributed by atoms with Crippen LogP contribution in [-0.4, -0.2) is 11.1 Å². The highest BCUT2D eigenvalue weighted by atomic mass is 79.9. The lowest BCUT2D eigenvalue weighted by Gasteiger charge is -2.09. The lowest BCUT2D eigenvalue weighted by atomic mass is 10.1. The van der Waals surface area contributed by atoms with Crippen LogP contribution in [0.2, 0.25) is 5.02 Å². The molecule has 2 aromatic carbocycles. The Morgan fingerprint density at radius 2 is 1.80 bits per heavy atom. The monoisotopic (exact) mass is 353 g/mol. The van der Waals surface area contributed by atoms with Crippen LogP contribution < -0.4 is 5.32 Å². The van der Waals surface area contributed by atoms with Gasteiger partial charge in [-0.1, -0.05) is 51.8 Å². The Morgan fingerprint density at radius 3 is 2.45 bits per heavy atom. The lowest BCUT2D eigenvalue weighted by molar-refractivity contribution is -0.136. The molecule has 0 unspecified atom stereocenters. The van der Waals surface area contributed by atoms with Gasteiger partial charge in [0.1, 0.15) is 0 Å². The van der Waals surface area contributed by atoms with Crippen molar-refractivity contribution in [1.82, 2.24) is 0 Å². The van der Waals surface area contributed by atoms with Gasteiger partial charge in [0.15, 0.2) is 0 Å². The second kappa shape index (κ2) is 6.77. The highest BCUT2D eigenvalue weighted by Gasteiger charge is 2.02. The van der Waals surface area contributed by atoms with Crippen molar-refractivity contribution >= 4 is 39.2 Å². The standard InChI is InChI=1S/C15H13BrClNO2/c16-12-5-6-13(17)14(8-12)18-9-11-3-1-10(2-4-11)7-15(19)20/h1-6,8,18H,7,9H2,(H,19,20). The largest absolute Gasteiger partial charge is 0.481 e. The van der Waals surface area contributed by atoms with E-state index >= 15 is 0 Å². The number of rotatable bonds is 5. The molecule has 0 atom stereocenters. The molecule has 104 valence electrons. The molecule has 2 aromatic rings. The van der Waals surface area contributed by atoms with Gasteiger partial charge in [0.05, 0.1) is 17.1 Å². The lowest BCUT2D eigenvalue weighted by Crippen LogP contribution is -2.02. The van der Waals surface area contributed by atoms with Crippen LogP contribution >= 0.6 is 27.5 Å². The maximum Gasteiger partial charge on any atom is 0.307 e. The Bertz CT molecular complexity index is 614. The molecular weight excluding hydrogens is 342 g/mol. The molecule has 0 aliphatic carbocycles. The minimum atomic E-state index is -0.822. The van der Waals surface area contributed by atoms with Gasteiger partial charge >= 0.3 is 5.97 Å². The van der Waals surface area contributed by atoms with Crippen LogP contribution in [0.5, 0.6) is 0 Å². The molecule has 5 heteroatoms. The minimum Gasteiger partial charge on any atom is -0.481 e. The number of benzene rings is 2. The number of halogens is 2. The summed E-state index contributed by atoms with van der Waals surface area (Å²) in [7, 11) is 0. The number of carboxylic acid groups (broad SMARTS) is 1. The van der Waals surface area contributed by atoms with Crippen molar-refractivity contribution in [2.75, 3.05) is 5.32 Å². The molecule has 0 fully saturated rings. The third kappa shape index (κ3) is 4.25. The van der Waals surface area contributed by atoms with Gasteiger partial charge < -0.3 is 10.4 Å². The first kappa shape index (κ1) is 14.9. The summed E-state index contributed by atoms with van der Waals surface area (Å²) in [6.45, 7) is 0.628. The molecule has 0 aliphatic rings. The van der Waals surface area contributed by atoms with Gasteiger partial charge in [-0.15, -0.1) is 0 Å². The summed E-state index contributed by atoms with van der Waals surface area (Å²) < 4.78 is 0.959. The van der Waals surface area contributed by atoms with E-state index in [1.54, 1.807) is 0 Å². The molecule has 2 N–H and O–H groups in total. The molecule has 0 spiro atoms. The highest BCUT2D eigenvalue weighted by molar-refractivity contribution is 9.10. The topological polar surface area (TPSA) is 49.3 Å². The normalized spacial score (nSPS) is 10.3. The van der Waals surface area contributed by atoms with Gasteiger partial charge in [-0.2, -0.15) is 0 Å². The molecule has 0 amide bonds. The van der Waals surface area contributed by atoms with E-state index in [9.17, 15) is 4.79 Å². The zero-order valence-corrected chi connectivity index (χ0v) is 12.9. The van der Waals surface area contributed by atoms with Crippen molar-refractivity contribution in [3.8, 4) is 0 Å². The number of aliphatic carboxylic acids is 1. The van der Waals surface area contributed by atoms with E-state index in [0.29, 0.717) is 11.6 Å². The third-order valence-electron chi connectivity index (χ3n) is 2.79. The maximum atomic E-state index is 10.6. The number of anilines is 1. The quantitative estimate of drug-likeness (QED) is 0.839. The average molecular weight is 355 g/mol.